The van der Waals surface area contributed by atoms with Crippen molar-refractivity contribution in [2.24, 2.45) is 4.99 Å². The molecular weight excluding hydrogens is 410 g/mol. The zero-order chi connectivity index (χ0) is 23.3. The van der Waals surface area contributed by atoms with Crippen LogP contribution in [0.1, 0.15) is 66.9 Å². The summed E-state index contributed by atoms with van der Waals surface area (Å²) in [4.78, 5) is 16.9. The molecule has 0 saturated carbocycles. The lowest BCUT2D eigenvalue weighted by molar-refractivity contribution is 0.0733. The van der Waals surface area contributed by atoms with Gasteiger partial charge in [0, 0.05) is 6.21 Å². The summed E-state index contributed by atoms with van der Waals surface area (Å²) in [6.45, 7) is 4.91. The van der Waals surface area contributed by atoms with Crippen molar-refractivity contribution in [1.29, 1.82) is 0 Å². The molecule has 4 heteroatoms. The topological polar surface area (TPSA) is 47.9 Å². The third-order valence-electron chi connectivity index (χ3n) is 5.41. The van der Waals surface area contributed by atoms with Crippen LogP contribution in [0.2, 0.25) is 0 Å². The Bertz CT molecular complexity index is 1020. The number of hydrogen-bond donors (Lipinski definition) is 0. The summed E-state index contributed by atoms with van der Waals surface area (Å²) >= 11 is 0. The molecule has 0 aliphatic heterocycles. The van der Waals surface area contributed by atoms with Gasteiger partial charge in [0.2, 0.25) is 0 Å². The van der Waals surface area contributed by atoms with Crippen molar-refractivity contribution in [2.45, 2.75) is 52.4 Å². The van der Waals surface area contributed by atoms with Crippen LogP contribution >= 0.6 is 0 Å². The molecule has 0 fully saturated rings. The SMILES string of the molecule is CCCCCCCCOc1ccc(C=Nc2ccc(C(=O)Oc3ccccc3C)cc2)cc1. The largest absolute Gasteiger partial charge is 0.494 e. The van der Waals surface area contributed by atoms with Crippen molar-refractivity contribution in [3.63, 3.8) is 0 Å². The van der Waals surface area contributed by atoms with Crippen LogP contribution in [0.25, 0.3) is 0 Å². The van der Waals surface area contributed by atoms with Gasteiger partial charge in [0.25, 0.3) is 0 Å². The molecule has 0 N–H and O–H groups in total. The fraction of sp³-hybridized carbons (Fsp3) is 0.310. The van der Waals surface area contributed by atoms with E-state index < -0.39 is 0 Å². The lowest BCUT2D eigenvalue weighted by atomic mass is 10.1. The summed E-state index contributed by atoms with van der Waals surface area (Å²) < 4.78 is 11.3. The maximum absolute atomic E-state index is 12.4. The number of nitrogens with zero attached hydrogens (tertiary/aromatic N) is 1. The molecule has 0 radical (unpaired) electrons. The first kappa shape index (κ1) is 24.2. The molecule has 172 valence electrons. The molecule has 0 atom stereocenters. The number of esters is 1. The summed E-state index contributed by atoms with van der Waals surface area (Å²) in [6, 6.07) is 22.5. The van der Waals surface area contributed by atoms with E-state index >= 15 is 0 Å². The third-order valence-corrected chi connectivity index (χ3v) is 5.41. The Morgan fingerprint density at radius 2 is 1.55 bits per heavy atom. The van der Waals surface area contributed by atoms with Gasteiger partial charge >= 0.3 is 5.97 Å². The molecule has 3 aromatic rings. The third kappa shape index (κ3) is 8.23. The molecule has 0 saturated heterocycles. The lowest BCUT2D eigenvalue weighted by Gasteiger charge is -2.07. The number of ether oxygens (including phenoxy) is 2. The predicted molar refractivity (Wildman–Crippen MR) is 135 cm³/mol. The second-order valence-electron chi connectivity index (χ2n) is 8.15. The zero-order valence-corrected chi connectivity index (χ0v) is 19.6. The highest BCUT2D eigenvalue weighted by atomic mass is 16.5. The Morgan fingerprint density at radius 3 is 2.27 bits per heavy atom. The molecule has 0 spiro atoms. The number of benzene rings is 3. The molecule has 0 aliphatic carbocycles. The Balaban J connectivity index is 1.45. The van der Waals surface area contributed by atoms with Crippen LogP contribution in [0.5, 0.6) is 11.5 Å². The van der Waals surface area contributed by atoms with E-state index in [0.717, 1.165) is 35.6 Å². The van der Waals surface area contributed by atoms with E-state index in [2.05, 4.69) is 11.9 Å². The first-order valence-electron chi connectivity index (χ1n) is 11.8. The maximum Gasteiger partial charge on any atom is 0.343 e. The molecule has 0 amide bonds. The Hall–Kier alpha value is -3.40. The van der Waals surface area contributed by atoms with Gasteiger partial charge in [-0.2, -0.15) is 0 Å². The van der Waals surface area contributed by atoms with Crippen molar-refractivity contribution in [2.75, 3.05) is 6.61 Å². The van der Waals surface area contributed by atoms with Gasteiger partial charge in [0.15, 0.2) is 0 Å². The predicted octanol–water partition coefficient (Wildman–Crippen LogP) is 7.70. The fourth-order valence-corrected chi connectivity index (χ4v) is 3.38. The number of unbranched alkanes of at least 4 members (excludes halogenated alkanes) is 5. The van der Waals surface area contributed by atoms with Crippen LogP contribution in [0.15, 0.2) is 77.8 Å². The second-order valence-corrected chi connectivity index (χ2v) is 8.15. The van der Waals surface area contributed by atoms with E-state index in [-0.39, 0.29) is 5.97 Å². The van der Waals surface area contributed by atoms with Crippen LogP contribution in [-0.2, 0) is 0 Å². The maximum atomic E-state index is 12.4. The van der Waals surface area contributed by atoms with E-state index in [0.29, 0.717) is 11.3 Å². The summed E-state index contributed by atoms with van der Waals surface area (Å²) in [5.74, 6) is 1.08. The minimum Gasteiger partial charge on any atom is -0.494 e. The van der Waals surface area contributed by atoms with Crippen molar-refractivity contribution >= 4 is 17.9 Å². The number of hydrogen-bond acceptors (Lipinski definition) is 4. The highest BCUT2D eigenvalue weighted by molar-refractivity contribution is 5.91. The van der Waals surface area contributed by atoms with Crippen LogP contribution in [0, 0.1) is 6.92 Å². The van der Waals surface area contributed by atoms with Gasteiger partial charge in [-0.3, -0.25) is 4.99 Å². The van der Waals surface area contributed by atoms with Crippen LogP contribution in [-0.4, -0.2) is 18.8 Å². The van der Waals surface area contributed by atoms with Crippen molar-refractivity contribution in [3.05, 3.63) is 89.5 Å². The van der Waals surface area contributed by atoms with E-state index in [1.54, 1.807) is 24.4 Å². The van der Waals surface area contributed by atoms with E-state index in [1.807, 2.05) is 61.5 Å². The number of aryl methyl sites for hydroxylation is 1. The number of aliphatic imine (C=N–C) groups is 1. The van der Waals surface area contributed by atoms with Gasteiger partial charge in [-0.1, -0.05) is 57.2 Å². The second kappa shape index (κ2) is 13.2. The van der Waals surface area contributed by atoms with Gasteiger partial charge in [-0.15, -0.1) is 0 Å². The normalized spacial score (nSPS) is 11.0. The van der Waals surface area contributed by atoms with E-state index in [4.69, 9.17) is 9.47 Å². The first-order valence-corrected chi connectivity index (χ1v) is 11.8. The monoisotopic (exact) mass is 443 g/mol. The summed E-state index contributed by atoms with van der Waals surface area (Å²) in [6.07, 6.45) is 9.36. The van der Waals surface area contributed by atoms with Gasteiger partial charge in [0.1, 0.15) is 11.5 Å². The molecule has 4 nitrogen and oxygen atoms in total. The van der Waals surface area contributed by atoms with Crippen LogP contribution < -0.4 is 9.47 Å². The number of carbonyl (C=O) groups excluding carboxylic acids is 1. The molecule has 3 aromatic carbocycles. The summed E-state index contributed by atoms with van der Waals surface area (Å²) in [5, 5.41) is 0. The Kier molecular flexibility index (Phi) is 9.71. The van der Waals surface area contributed by atoms with Gasteiger partial charge < -0.3 is 9.47 Å². The Morgan fingerprint density at radius 1 is 0.848 bits per heavy atom. The minimum absolute atomic E-state index is 0.378. The molecule has 33 heavy (non-hydrogen) atoms. The molecule has 3 rings (SSSR count). The van der Waals surface area contributed by atoms with Crippen LogP contribution in [0.3, 0.4) is 0 Å². The fourth-order valence-electron chi connectivity index (χ4n) is 3.38. The first-order chi connectivity index (χ1) is 16.2. The molecule has 0 heterocycles. The summed E-state index contributed by atoms with van der Waals surface area (Å²) in [7, 11) is 0. The minimum atomic E-state index is -0.378. The molecule has 0 unspecified atom stereocenters. The molecular formula is C29H33NO3. The van der Waals surface area contributed by atoms with Gasteiger partial charge in [-0.25, -0.2) is 4.79 Å². The number of para-hydroxylation sites is 1. The Labute approximate surface area is 197 Å². The molecule has 0 aliphatic rings. The summed E-state index contributed by atoms with van der Waals surface area (Å²) in [5.41, 5.74) is 3.17. The smallest absolute Gasteiger partial charge is 0.343 e. The van der Waals surface area contributed by atoms with Gasteiger partial charge in [0.05, 0.1) is 17.9 Å². The van der Waals surface area contributed by atoms with E-state index in [9.17, 15) is 4.79 Å². The quantitative estimate of drug-likeness (QED) is 0.125. The van der Waals surface area contributed by atoms with Gasteiger partial charge in [-0.05, 0) is 79.1 Å². The number of carbonyl (C=O) groups is 1. The van der Waals surface area contributed by atoms with E-state index in [1.165, 1.54) is 32.1 Å². The zero-order valence-electron chi connectivity index (χ0n) is 19.6. The highest BCUT2D eigenvalue weighted by Gasteiger charge is 2.09. The van der Waals surface area contributed by atoms with Crippen molar-refractivity contribution < 1.29 is 14.3 Å². The average Bonchev–Trinajstić information content (AvgIpc) is 2.84. The molecule has 0 aromatic heterocycles. The van der Waals surface area contributed by atoms with Crippen LogP contribution in [0.4, 0.5) is 5.69 Å². The van der Waals surface area contributed by atoms with Crippen molar-refractivity contribution in [3.8, 4) is 11.5 Å². The van der Waals surface area contributed by atoms with Crippen molar-refractivity contribution in [1.82, 2.24) is 0 Å². The highest BCUT2D eigenvalue weighted by Crippen LogP contribution is 2.20. The lowest BCUT2D eigenvalue weighted by Crippen LogP contribution is -2.08. The number of rotatable bonds is 12. The average molecular weight is 444 g/mol. The molecule has 0 bridgehead atoms. The standard InChI is InChI=1S/C29H33NO3/c1-3-4-5-6-7-10-21-32-27-19-13-24(14-20-27)22-30-26-17-15-25(16-18-26)29(31)33-28-12-9-8-11-23(28)2/h8-9,11-20,22H,3-7,10,21H2,1-2H3.